The minimum absolute atomic E-state index is 0.803. The third kappa shape index (κ3) is 2.18. The second kappa shape index (κ2) is 5.19. The van der Waals surface area contributed by atoms with Crippen LogP contribution in [0.4, 0.5) is 5.69 Å². The van der Waals surface area contributed by atoms with Gasteiger partial charge in [0.25, 0.3) is 0 Å². The molecule has 0 fully saturated rings. The molecule has 0 atom stereocenters. The molecule has 1 aromatic carbocycles. The lowest BCUT2D eigenvalue weighted by Gasteiger charge is -2.11. The van der Waals surface area contributed by atoms with E-state index in [4.69, 9.17) is 0 Å². The summed E-state index contributed by atoms with van der Waals surface area (Å²) in [5.41, 5.74) is 2.27. The highest BCUT2D eigenvalue weighted by atomic mass is 32.1. The Kier molecular flexibility index (Phi) is 3.16. The van der Waals surface area contributed by atoms with Crippen molar-refractivity contribution in [1.82, 2.24) is 19.8 Å². The van der Waals surface area contributed by atoms with E-state index in [1.165, 1.54) is 5.69 Å². The van der Waals surface area contributed by atoms with Crippen molar-refractivity contribution >= 4 is 33.3 Å². The molecule has 7 heteroatoms. The molecule has 4 aromatic rings. The van der Waals surface area contributed by atoms with Gasteiger partial charge < -0.3 is 4.90 Å². The van der Waals surface area contributed by atoms with Gasteiger partial charge >= 0.3 is 0 Å². The summed E-state index contributed by atoms with van der Waals surface area (Å²) < 4.78 is 1.83. The van der Waals surface area contributed by atoms with Gasteiger partial charge in [0.05, 0.1) is 4.88 Å². The Balaban J connectivity index is 1.77. The molecule has 5 nitrogen and oxygen atoms in total. The maximum absolute atomic E-state index is 4.68. The first-order chi connectivity index (χ1) is 10.7. The first-order valence-corrected chi connectivity index (χ1v) is 8.46. The molecule has 22 heavy (non-hydrogen) atoms. The molecule has 0 aliphatic rings. The fraction of sp³-hybridized carbons (Fsp3) is 0.133. The van der Waals surface area contributed by atoms with Crippen molar-refractivity contribution in [2.45, 2.75) is 0 Å². The van der Waals surface area contributed by atoms with E-state index < -0.39 is 0 Å². The Morgan fingerprint density at radius 1 is 1.05 bits per heavy atom. The average Bonchev–Trinajstić information content (AvgIpc) is 3.23. The van der Waals surface area contributed by atoms with Gasteiger partial charge in [0.15, 0.2) is 5.82 Å². The molecule has 0 unspecified atom stereocenters. The van der Waals surface area contributed by atoms with Crippen molar-refractivity contribution < 1.29 is 0 Å². The summed E-state index contributed by atoms with van der Waals surface area (Å²) in [5.74, 6) is 0.803. The van der Waals surface area contributed by atoms with E-state index in [-0.39, 0.29) is 0 Å². The lowest BCUT2D eigenvalue weighted by atomic mass is 10.2. The Morgan fingerprint density at radius 2 is 1.86 bits per heavy atom. The molecule has 4 rings (SSSR count). The zero-order chi connectivity index (χ0) is 15.1. The molecule has 3 aromatic heterocycles. The molecule has 0 amide bonds. The van der Waals surface area contributed by atoms with Crippen LogP contribution in [0, 0.1) is 0 Å². The highest BCUT2D eigenvalue weighted by molar-refractivity contribution is 7.19. The summed E-state index contributed by atoms with van der Waals surface area (Å²) in [6.07, 6.45) is 0. The van der Waals surface area contributed by atoms with Crippen molar-refractivity contribution in [2.24, 2.45) is 0 Å². The number of rotatable bonds is 3. The fourth-order valence-electron chi connectivity index (χ4n) is 2.20. The number of benzene rings is 1. The van der Waals surface area contributed by atoms with Crippen LogP contribution in [0.1, 0.15) is 0 Å². The van der Waals surface area contributed by atoms with Crippen molar-refractivity contribution in [3.8, 4) is 21.3 Å². The van der Waals surface area contributed by atoms with Crippen LogP contribution in [0.25, 0.3) is 26.2 Å². The third-order valence-electron chi connectivity index (χ3n) is 3.36. The standard InChI is InChI=1S/C15H13N5S2/c1-19(2)11-7-5-10(6-8-11)14-18-20-13(12-4-3-9-21-12)16-17-15(20)22-14/h3-9H,1-2H3. The zero-order valence-electron chi connectivity index (χ0n) is 12.1. The SMILES string of the molecule is CN(C)c1ccc(-c2nn3c(-c4cccs4)nnc3s2)cc1. The van der Waals surface area contributed by atoms with Crippen molar-refractivity contribution in [3.63, 3.8) is 0 Å². The number of fused-ring (bicyclic) bond motifs is 1. The van der Waals surface area contributed by atoms with Gasteiger partial charge in [-0.15, -0.1) is 21.5 Å². The molecule has 0 saturated heterocycles. The van der Waals surface area contributed by atoms with Crippen molar-refractivity contribution in [1.29, 1.82) is 0 Å². The number of anilines is 1. The van der Waals surface area contributed by atoms with Crippen molar-refractivity contribution in [3.05, 3.63) is 41.8 Å². The minimum atomic E-state index is 0.803. The summed E-state index contributed by atoms with van der Waals surface area (Å²) in [4.78, 5) is 3.97. The normalized spacial score (nSPS) is 11.2. The maximum atomic E-state index is 4.68. The quantitative estimate of drug-likeness (QED) is 0.576. The summed E-state index contributed by atoms with van der Waals surface area (Å²) in [6, 6.07) is 12.4. The predicted octanol–water partition coefficient (Wildman–Crippen LogP) is 3.65. The van der Waals surface area contributed by atoms with E-state index >= 15 is 0 Å². The van der Waals surface area contributed by atoms with E-state index in [0.717, 1.165) is 26.2 Å². The summed E-state index contributed by atoms with van der Waals surface area (Å²) in [6.45, 7) is 0. The summed E-state index contributed by atoms with van der Waals surface area (Å²) in [5, 5.41) is 16.1. The zero-order valence-corrected chi connectivity index (χ0v) is 13.7. The Hall–Kier alpha value is -2.25. The molecule has 3 heterocycles. The molecule has 0 spiro atoms. The number of thiophene rings is 1. The topological polar surface area (TPSA) is 46.3 Å². The van der Waals surface area contributed by atoms with Crippen LogP contribution in [0.15, 0.2) is 41.8 Å². The van der Waals surface area contributed by atoms with Crippen LogP contribution in [-0.4, -0.2) is 33.9 Å². The molecular formula is C15H13N5S2. The number of nitrogens with zero attached hydrogens (tertiary/aromatic N) is 5. The largest absolute Gasteiger partial charge is 0.378 e. The van der Waals surface area contributed by atoms with Crippen LogP contribution in [0.5, 0.6) is 0 Å². The van der Waals surface area contributed by atoms with Gasteiger partial charge in [-0.3, -0.25) is 0 Å². The van der Waals surface area contributed by atoms with Gasteiger partial charge in [-0.1, -0.05) is 17.4 Å². The van der Waals surface area contributed by atoms with Crippen LogP contribution in [-0.2, 0) is 0 Å². The van der Waals surface area contributed by atoms with Gasteiger partial charge in [-0.05, 0) is 35.7 Å². The second-order valence-electron chi connectivity index (χ2n) is 5.04. The van der Waals surface area contributed by atoms with E-state index in [0.29, 0.717) is 0 Å². The Morgan fingerprint density at radius 3 is 2.55 bits per heavy atom. The van der Waals surface area contributed by atoms with Crippen LogP contribution in [0.3, 0.4) is 0 Å². The third-order valence-corrected chi connectivity index (χ3v) is 5.18. The monoisotopic (exact) mass is 327 g/mol. The van der Waals surface area contributed by atoms with Gasteiger partial charge in [-0.25, -0.2) is 0 Å². The average molecular weight is 327 g/mol. The van der Waals surface area contributed by atoms with E-state index in [1.54, 1.807) is 22.7 Å². The van der Waals surface area contributed by atoms with Crippen LogP contribution < -0.4 is 4.90 Å². The predicted molar refractivity (Wildman–Crippen MR) is 91.7 cm³/mol. The molecule has 0 radical (unpaired) electrons. The van der Waals surface area contributed by atoms with Crippen LogP contribution >= 0.6 is 22.7 Å². The molecule has 0 saturated carbocycles. The number of hydrogen-bond acceptors (Lipinski definition) is 6. The van der Waals surface area contributed by atoms with Crippen molar-refractivity contribution in [2.75, 3.05) is 19.0 Å². The molecule has 0 N–H and O–H groups in total. The fourth-order valence-corrected chi connectivity index (χ4v) is 3.73. The molecular weight excluding hydrogens is 314 g/mol. The smallest absolute Gasteiger partial charge is 0.235 e. The second-order valence-corrected chi connectivity index (χ2v) is 6.95. The lowest BCUT2D eigenvalue weighted by Crippen LogP contribution is -2.07. The Labute approximate surface area is 135 Å². The highest BCUT2D eigenvalue weighted by Gasteiger charge is 2.14. The van der Waals surface area contributed by atoms with Gasteiger partial charge in [0.1, 0.15) is 5.01 Å². The van der Waals surface area contributed by atoms with Gasteiger partial charge in [0, 0.05) is 25.3 Å². The van der Waals surface area contributed by atoms with Gasteiger partial charge in [-0.2, -0.15) is 9.61 Å². The molecule has 0 aliphatic heterocycles. The highest BCUT2D eigenvalue weighted by Crippen LogP contribution is 2.30. The summed E-state index contributed by atoms with van der Waals surface area (Å²) >= 11 is 3.19. The first-order valence-electron chi connectivity index (χ1n) is 6.76. The maximum Gasteiger partial charge on any atom is 0.235 e. The Bertz CT molecular complexity index is 903. The molecule has 0 aliphatic carbocycles. The van der Waals surface area contributed by atoms with E-state index in [9.17, 15) is 0 Å². The van der Waals surface area contributed by atoms with E-state index in [1.807, 2.05) is 36.1 Å². The number of aromatic nitrogens is 4. The molecule has 0 bridgehead atoms. The number of hydrogen-bond donors (Lipinski definition) is 0. The minimum Gasteiger partial charge on any atom is -0.378 e. The van der Waals surface area contributed by atoms with Gasteiger partial charge in [0.2, 0.25) is 4.96 Å². The first kappa shape index (κ1) is 13.4. The lowest BCUT2D eigenvalue weighted by molar-refractivity contribution is 0.974. The van der Waals surface area contributed by atoms with E-state index in [2.05, 4.69) is 44.5 Å². The molecule has 110 valence electrons. The van der Waals surface area contributed by atoms with Crippen LogP contribution in [0.2, 0.25) is 0 Å². The summed E-state index contributed by atoms with van der Waals surface area (Å²) in [7, 11) is 4.07.